The van der Waals surface area contributed by atoms with Gasteiger partial charge in [-0.15, -0.1) is 0 Å². The van der Waals surface area contributed by atoms with Crippen LogP contribution in [0.15, 0.2) is 41.1 Å². The van der Waals surface area contributed by atoms with Gasteiger partial charge in [0.1, 0.15) is 0 Å². The van der Waals surface area contributed by atoms with Crippen LogP contribution in [0.5, 0.6) is 0 Å². The van der Waals surface area contributed by atoms with Crippen molar-refractivity contribution in [1.29, 1.82) is 0 Å². The monoisotopic (exact) mass is 347 g/mol. The number of hydrogen-bond acceptors (Lipinski definition) is 5. The molecular formula is C15H18BrN5. The minimum absolute atomic E-state index is 0.556. The second-order valence-electron chi connectivity index (χ2n) is 5.00. The first-order valence-electron chi connectivity index (χ1n) is 7.03. The van der Waals surface area contributed by atoms with Gasteiger partial charge in [-0.25, -0.2) is 9.97 Å². The van der Waals surface area contributed by atoms with Gasteiger partial charge in [-0.05, 0) is 23.8 Å². The molecule has 1 fully saturated rings. The van der Waals surface area contributed by atoms with E-state index in [2.05, 4.69) is 53.9 Å². The maximum Gasteiger partial charge on any atom is 0.225 e. The van der Waals surface area contributed by atoms with Crippen LogP contribution in [0.4, 0.5) is 11.6 Å². The Morgan fingerprint density at radius 1 is 1.05 bits per heavy atom. The fourth-order valence-corrected chi connectivity index (χ4v) is 3.05. The molecule has 2 aromatic rings. The highest BCUT2D eigenvalue weighted by atomic mass is 79.9. The van der Waals surface area contributed by atoms with Gasteiger partial charge in [0.15, 0.2) is 0 Å². The number of benzene rings is 1. The van der Waals surface area contributed by atoms with E-state index in [0.29, 0.717) is 6.54 Å². The molecule has 5 nitrogen and oxygen atoms in total. The van der Waals surface area contributed by atoms with Gasteiger partial charge in [-0.2, -0.15) is 0 Å². The van der Waals surface area contributed by atoms with Gasteiger partial charge in [0.2, 0.25) is 5.95 Å². The van der Waals surface area contributed by atoms with Crippen LogP contribution in [-0.2, 0) is 6.54 Å². The molecular weight excluding hydrogens is 330 g/mol. The zero-order chi connectivity index (χ0) is 14.7. The highest BCUT2D eigenvalue weighted by Crippen LogP contribution is 2.25. The molecule has 0 saturated carbocycles. The summed E-state index contributed by atoms with van der Waals surface area (Å²) in [5.41, 5.74) is 8.06. The molecule has 0 aliphatic carbocycles. The van der Waals surface area contributed by atoms with E-state index in [-0.39, 0.29) is 0 Å². The Bertz CT molecular complexity index is 596. The van der Waals surface area contributed by atoms with Gasteiger partial charge < -0.3 is 15.5 Å². The molecule has 0 unspecified atom stereocenters. The average molecular weight is 348 g/mol. The van der Waals surface area contributed by atoms with E-state index in [9.17, 15) is 0 Å². The molecule has 2 heterocycles. The Morgan fingerprint density at radius 2 is 1.71 bits per heavy atom. The number of rotatable bonds is 3. The van der Waals surface area contributed by atoms with Crippen molar-refractivity contribution in [2.45, 2.75) is 6.54 Å². The average Bonchev–Trinajstić information content (AvgIpc) is 2.56. The lowest BCUT2D eigenvalue weighted by molar-refractivity contribution is 0.640. The molecule has 3 rings (SSSR count). The summed E-state index contributed by atoms with van der Waals surface area (Å²) in [6, 6.07) is 8.22. The van der Waals surface area contributed by atoms with Crippen molar-refractivity contribution in [3.63, 3.8) is 0 Å². The summed E-state index contributed by atoms with van der Waals surface area (Å²) in [5, 5.41) is 0. The fraction of sp³-hybridized carbons (Fsp3) is 0.333. The second kappa shape index (κ2) is 6.41. The van der Waals surface area contributed by atoms with Crippen LogP contribution in [0.3, 0.4) is 0 Å². The zero-order valence-electron chi connectivity index (χ0n) is 11.7. The highest BCUT2D eigenvalue weighted by molar-refractivity contribution is 9.10. The Kier molecular flexibility index (Phi) is 4.36. The molecule has 21 heavy (non-hydrogen) atoms. The smallest absolute Gasteiger partial charge is 0.225 e. The molecule has 0 radical (unpaired) electrons. The molecule has 1 aliphatic rings. The maximum absolute atomic E-state index is 5.70. The molecule has 1 aliphatic heterocycles. The van der Waals surface area contributed by atoms with E-state index in [1.807, 2.05) is 6.07 Å². The normalized spacial score (nSPS) is 15.3. The summed E-state index contributed by atoms with van der Waals surface area (Å²) in [6.45, 7) is 4.35. The molecule has 0 amide bonds. The Balaban J connectivity index is 1.67. The first-order valence-corrected chi connectivity index (χ1v) is 7.82. The van der Waals surface area contributed by atoms with Crippen molar-refractivity contribution in [3.8, 4) is 0 Å². The predicted octanol–water partition coefficient (Wildman–Crippen LogP) is 2.02. The van der Waals surface area contributed by atoms with Gasteiger partial charge >= 0.3 is 0 Å². The lowest BCUT2D eigenvalue weighted by Gasteiger charge is -2.36. The van der Waals surface area contributed by atoms with Crippen LogP contribution in [-0.4, -0.2) is 36.1 Å². The number of piperazine rings is 1. The number of halogens is 1. The molecule has 1 aromatic heterocycles. The van der Waals surface area contributed by atoms with Gasteiger partial charge in [-0.1, -0.05) is 22.0 Å². The first-order chi connectivity index (χ1) is 10.3. The van der Waals surface area contributed by atoms with Crippen molar-refractivity contribution in [3.05, 3.63) is 46.7 Å². The van der Waals surface area contributed by atoms with Crippen LogP contribution in [0.25, 0.3) is 0 Å². The number of aromatic nitrogens is 2. The number of nitrogens with zero attached hydrogens (tertiary/aromatic N) is 4. The first kappa shape index (κ1) is 14.3. The minimum atomic E-state index is 0.556. The molecule has 2 N–H and O–H groups in total. The standard InChI is InChI=1S/C15H18BrN5/c16-14-10-13(3-2-12(14)11-17)20-6-8-21(9-7-20)15-18-4-1-5-19-15/h1-5,10H,6-9,11,17H2. The van der Waals surface area contributed by atoms with Crippen molar-refractivity contribution in [2.75, 3.05) is 36.0 Å². The molecule has 1 saturated heterocycles. The number of hydrogen-bond donors (Lipinski definition) is 1. The Morgan fingerprint density at radius 3 is 2.33 bits per heavy atom. The third-order valence-electron chi connectivity index (χ3n) is 3.74. The summed E-state index contributed by atoms with van der Waals surface area (Å²) >= 11 is 3.59. The van der Waals surface area contributed by atoms with Crippen molar-refractivity contribution >= 4 is 27.6 Å². The third kappa shape index (κ3) is 3.16. The molecule has 110 valence electrons. The van der Waals surface area contributed by atoms with E-state index in [0.717, 1.165) is 42.2 Å². The number of anilines is 2. The van der Waals surface area contributed by atoms with Gasteiger partial charge in [0.25, 0.3) is 0 Å². The van der Waals surface area contributed by atoms with E-state index in [1.165, 1.54) is 5.69 Å². The van der Waals surface area contributed by atoms with E-state index < -0.39 is 0 Å². The molecule has 1 aromatic carbocycles. The van der Waals surface area contributed by atoms with Crippen LogP contribution in [0.2, 0.25) is 0 Å². The van der Waals surface area contributed by atoms with Crippen molar-refractivity contribution in [1.82, 2.24) is 9.97 Å². The van der Waals surface area contributed by atoms with Crippen LogP contribution in [0.1, 0.15) is 5.56 Å². The van der Waals surface area contributed by atoms with Gasteiger partial charge in [-0.3, -0.25) is 0 Å². The third-order valence-corrected chi connectivity index (χ3v) is 4.47. The Labute approximate surface area is 132 Å². The van der Waals surface area contributed by atoms with Crippen molar-refractivity contribution < 1.29 is 0 Å². The predicted molar refractivity (Wildman–Crippen MR) is 88.5 cm³/mol. The Hall–Kier alpha value is -1.66. The largest absolute Gasteiger partial charge is 0.368 e. The van der Waals surface area contributed by atoms with Gasteiger partial charge in [0.05, 0.1) is 0 Å². The minimum Gasteiger partial charge on any atom is -0.368 e. The SMILES string of the molecule is NCc1ccc(N2CCN(c3ncccn3)CC2)cc1Br. The number of nitrogens with two attached hydrogens (primary N) is 1. The molecule has 0 bridgehead atoms. The summed E-state index contributed by atoms with van der Waals surface area (Å²) in [7, 11) is 0. The van der Waals surface area contributed by atoms with Crippen molar-refractivity contribution in [2.24, 2.45) is 5.73 Å². The van der Waals surface area contributed by atoms with Gasteiger partial charge in [0, 0.05) is 55.3 Å². The lowest BCUT2D eigenvalue weighted by Crippen LogP contribution is -2.47. The summed E-state index contributed by atoms with van der Waals surface area (Å²) in [5.74, 6) is 0.816. The van der Waals surface area contributed by atoms with E-state index >= 15 is 0 Å². The molecule has 0 spiro atoms. The zero-order valence-corrected chi connectivity index (χ0v) is 13.3. The van der Waals surface area contributed by atoms with Crippen LogP contribution >= 0.6 is 15.9 Å². The van der Waals surface area contributed by atoms with Crippen LogP contribution in [0, 0.1) is 0 Å². The second-order valence-corrected chi connectivity index (χ2v) is 5.86. The van der Waals surface area contributed by atoms with E-state index in [4.69, 9.17) is 5.73 Å². The van der Waals surface area contributed by atoms with Crippen LogP contribution < -0.4 is 15.5 Å². The van der Waals surface area contributed by atoms with E-state index in [1.54, 1.807) is 12.4 Å². The maximum atomic E-state index is 5.70. The highest BCUT2D eigenvalue weighted by Gasteiger charge is 2.19. The quantitative estimate of drug-likeness (QED) is 0.920. The topological polar surface area (TPSA) is 58.3 Å². The summed E-state index contributed by atoms with van der Waals surface area (Å²) in [6.07, 6.45) is 3.58. The molecule has 6 heteroatoms. The summed E-state index contributed by atoms with van der Waals surface area (Å²) < 4.78 is 1.08. The summed E-state index contributed by atoms with van der Waals surface area (Å²) in [4.78, 5) is 13.2. The molecule has 0 atom stereocenters. The fourth-order valence-electron chi connectivity index (χ4n) is 2.52. The lowest BCUT2D eigenvalue weighted by atomic mass is 10.2.